The number of ether oxygens (including phenoxy) is 4. The number of aliphatic carboxylic acids is 1. The van der Waals surface area contributed by atoms with Crippen LogP contribution >= 0.6 is 0 Å². The van der Waals surface area contributed by atoms with Gasteiger partial charge >= 0.3 is 17.8 Å². The Morgan fingerprint density at radius 2 is 0.822 bits per heavy atom. The Labute approximate surface area is 740 Å². The average molecular weight is 1770 g/mol. The summed E-state index contributed by atoms with van der Waals surface area (Å²) in [6.45, 7) is -0.157. The molecular weight excluding hydrogens is 1670 g/mol. The summed E-state index contributed by atoms with van der Waals surface area (Å²) in [5, 5.41) is 86.2. The summed E-state index contributed by atoms with van der Waals surface area (Å²) in [6.07, 6.45) is 0.389. The van der Waals surface area contributed by atoms with E-state index < -0.39 is 104 Å². The molecule has 7 amide bonds. The Balaban J connectivity index is 0.000000147. The van der Waals surface area contributed by atoms with E-state index in [0.717, 1.165) is 107 Å². The number of halogens is 5. The van der Waals surface area contributed by atoms with Crippen LogP contribution in [0.4, 0.5) is 50.4 Å². The van der Waals surface area contributed by atoms with Crippen molar-refractivity contribution in [1.82, 2.24) is 14.7 Å². The lowest BCUT2D eigenvalue weighted by molar-refractivity contribution is -0.165. The maximum atomic E-state index is 14.7. The minimum Gasteiger partial charge on any atom is -0.486 e. The number of amides is 7. The summed E-state index contributed by atoms with van der Waals surface area (Å²) in [4.78, 5) is 99.6. The highest BCUT2D eigenvalue weighted by molar-refractivity contribution is 5.99. The molecule has 8 aromatic rings. The van der Waals surface area contributed by atoms with Gasteiger partial charge in [0, 0.05) is 99.6 Å². The maximum Gasteiger partial charge on any atom is 0.307 e. The third kappa shape index (κ3) is 23.9. The topological polar surface area (TPSA) is 411 Å². The molecule has 4 saturated heterocycles. The van der Waals surface area contributed by atoms with E-state index in [0.29, 0.717) is 45.7 Å². The number of nitrogens with zero attached hydrogens (tertiary/aromatic N) is 8. The van der Waals surface area contributed by atoms with Crippen molar-refractivity contribution < 1.29 is 99.7 Å². The molecule has 4 aliphatic heterocycles. The van der Waals surface area contributed by atoms with Gasteiger partial charge < -0.3 is 80.2 Å². The number of nitriles is 4. The van der Waals surface area contributed by atoms with Crippen molar-refractivity contribution in [2.75, 3.05) is 98.8 Å². The molecule has 670 valence electrons. The monoisotopic (exact) mass is 1770 g/mol. The number of carbonyl (C=O) groups excluding carboxylic acids is 7. The van der Waals surface area contributed by atoms with Crippen molar-refractivity contribution in [3.05, 3.63) is 192 Å². The predicted octanol–water partition coefficient (Wildman–Crippen LogP) is 12.7. The molecule has 0 spiro atoms. The number of rotatable bonds is 24. The van der Waals surface area contributed by atoms with E-state index in [9.17, 15) is 86.5 Å². The van der Waals surface area contributed by atoms with Crippen LogP contribution < -0.4 is 40.4 Å². The zero-order valence-corrected chi connectivity index (χ0v) is 70.5. The average Bonchev–Trinajstić information content (AvgIpc) is 1.78. The second-order valence-corrected chi connectivity index (χ2v) is 33.0. The Kier molecular flexibility index (Phi) is 29.7. The third-order valence-corrected chi connectivity index (χ3v) is 23.4. The highest BCUT2D eigenvalue weighted by Crippen LogP contribution is 2.43. The quantitative estimate of drug-likeness (QED) is 0.0260. The van der Waals surface area contributed by atoms with Crippen molar-refractivity contribution in [3.8, 4) is 86.0 Å². The molecule has 28 nitrogen and oxygen atoms in total. The summed E-state index contributed by atoms with van der Waals surface area (Å²) in [7, 11) is 1.73. The van der Waals surface area contributed by atoms with Gasteiger partial charge in [0.05, 0.1) is 65.5 Å². The van der Waals surface area contributed by atoms with E-state index in [1.54, 1.807) is 110 Å². The zero-order valence-electron chi connectivity index (χ0n) is 70.5. The molecule has 8 fully saturated rings. The predicted molar refractivity (Wildman–Crippen MR) is 463 cm³/mol. The number of aliphatic hydroxyl groups excluding tert-OH is 3. The molecule has 0 bridgehead atoms. The number of likely N-dealkylation sites (tertiary alicyclic amines) is 3. The number of hydrogen-bond acceptors (Lipinski definition) is 20. The summed E-state index contributed by atoms with van der Waals surface area (Å²) in [6, 6.07) is 57.8. The Morgan fingerprint density at radius 3 is 1.19 bits per heavy atom. The standard InChI is InChI=1S/C25H25F2N3O4.C25H24FN3O6.C24H23F2N3O4.C22H23N3O2/c1-15(31)24(33)30-10-9-22(25(26,27)14-30)34-21-8-7-18(11-19(21)13-28)17-3-2-4-20(12-17)29-23(32)16-5-6-16;26-20-12-29(23(31)13-30)7-6-22(20)35-21-5-4-15(8-16(21)11-27)14-2-1-3-17(9-14)28-24(32)18-10-19(18)25(33)34;25-24(26)14-29(22(31)13-30)9-8-21(24)33-20-7-6-17(10-18(20)12-27)16-2-1-3-19(11-16)28-23(32)15-4-5-15;1-27-20-9-10-25(14-20)21-8-7-17(11-18(21)13-23)16-3-2-4-19(12-16)24-22(26)15-5-6-15/h2-4,7-8,11-12,15-16,22,31H,5-6,9-10,14H2,1H3,(H,29,32);1-5,8-9,18-20,22,30H,6-7,10,12-13H2,(H,28,32)(H,33,34);1-3,6-7,10-11,15,21,30H,4-5,8-9,13-14H2,(H,28,32);2-4,7-8,11-12,15,20H,5-6,9-10,14H2,1H3,(H,24,26)/t15-,22-;18-,19-,20-,22+;21-;20-/m0101/s1. The molecule has 8 aliphatic rings. The van der Waals surface area contributed by atoms with Gasteiger partial charge in [-0.1, -0.05) is 72.8 Å². The fraction of sp³-hybridized carbons (Fsp3) is 0.375. The largest absolute Gasteiger partial charge is 0.486 e. The highest BCUT2D eigenvalue weighted by Gasteiger charge is 2.51. The molecule has 16 rings (SSSR count). The molecule has 4 heterocycles. The van der Waals surface area contributed by atoms with Gasteiger partial charge in [-0.15, -0.1) is 0 Å². The van der Waals surface area contributed by atoms with Crippen LogP contribution in [0, 0.1) is 74.9 Å². The smallest absolute Gasteiger partial charge is 0.307 e. The van der Waals surface area contributed by atoms with Crippen molar-refractivity contribution in [3.63, 3.8) is 0 Å². The molecule has 4 saturated carbocycles. The van der Waals surface area contributed by atoms with Crippen LogP contribution in [0.15, 0.2) is 170 Å². The molecule has 0 unspecified atom stereocenters. The highest BCUT2D eigenvalue weighted by atomic mass is 19.3. The number of carbonyl (C=O) groups is 8. The Hall–Kier alpha value is -13.8. The number of methoxy groups -OCH3 is 1. The van der Waals surface area contributed by atoms with Gasteiger partial charge in [-0.05, 0) is 200 Å². The molecule has 8 aromatic carbocycles. The van der Waals surface area contributed by atoms with E-state index in [1.165, 1.54) is 24.0 Å². The molecule has 0 aromatic heterocycles. The van der Waals surface area contributed by atoms with Crippen molar-refractivity contribution in [1.29, 1.82) is 21.0 Å². The molecule has 8 N–H and O–H groups in total. The lowest BCUT2D eigenvalue weighted by Gasteiger charge is -2.38. The first-order valence-corrected chi connectivity index (χ1v) is 42.4. The van der Waals surface area contributed by atoms with Gasteiger partial charge in [0.15, 0.2) is 18.4 Å². The third-order valence-electron chi connectivity index (χ3n) is 23.4. The van der Waals surface area contributed by atoms with Gasteiger partial charge in [-0.25, -0.2) is 22.0 Å². The van der Waals surface area contributed by atoms with E-state index in [-0.39, 0.29) is 127 Å². The molecule has 8 atom stereocenters. The summed E-state index contributed by atoms with van der Waals surface area (Å²) >= 11 is 0. The van der Waals surface area contributed by atoms with E-state index >= 15 is 0 Å². The summed E-state index contributed by atoms with van der Waals surface area (Å²) < 4.78 is 95.4. The molecular formula is C96H95F5N12O16. The lowest BCUT2D eigenvalue weighted by atomic mass is 10.0. The van der Waals surface area contributed by atoms with Crippen molar-refractivity contribution in [2.24, 2.45) is 29.6 Å². The van der Waals surface area contributed by atoms with Gasteiger partial charge in [-0.2, -0.15) is 21.0 Å². The number of piperidine rings is 3. The molecule has 129 heavy (non-hydrogen) atoms. The SMILES string of the molecule is CO[C@@H]1CCN(c2ccc(-c3cccc(NC(=O)C4CC4)c3)cc2C#N)C1.C[C@H](O)C(=O)N1CC[C@H](Oc2ccc(-c3cccc(NC(=O)C4CC4)c3)cc2C#N)C(F)(F)C1.N#Cc1cc(-c2cccc(NC(=O)C3CC3)c2)ccc1O[C@H]1CCN(C(=O)CO)CC1(F)F.N#Cc1cc(-c2cccc(NC(=O)[C@@H]3C[C@H]3C(=O)O)c2)ccc1O[C@H]1CCN(C(=O)CO)C[C@H]1F. The molecule has 33 heteroatoms. The first kappa shape index (κ1) is 92.8. The zero-order chi connectivity index (χ0) is 92.0. The summed E-state index contributed by atoms with van der Waals surface area (Å²) in [5.74, 6) is -10.5. The van der Waals surface area contributed by atoms with Crippen LogP contribution in [0.25, 0.3) is 44.5 Å². The van der Waals surface area contributed by atoms with Crippen molar-refractivity contribution >= 4 is 75.8 Å². The number of nitrogens with one attached hydrogen (secondary N) is 4. The number of aliphatic hydroxyl groups is 3. The Bertz CT molecular complexity index is 5720. The maximum absolute atomic E-state index is 14.7. The molecule has 4 aliphatic carbocycles. The fourth-order valence-electron chi connectivity index (χ4n) is 15.5. The lowest BCUT2D eigenvalue weighted by Crippen LogP contribution is -2.56. The minimum atomic E-state index is -3.34. The fourth-order valence-corrected chi connectivity index (χ4v) is 15.5. The van der Waals surface area contributed by atoms with Crippen LogP contribution in [0.1, 0.15) is 99.8 Å². The van der Waals surface area contributed by atoms with E-state index in [1.807, 2.05) is 66.7 Å². The van der Waals surface area contributed by atoms with Gasteiger partial charge in [0.2, 0.25) is 35.4 Å². The number of hydrogen-bond donors (Lipinski definition) is 8. The number of carboxylic acids is 1. The first-order valence-electron chi connectivity index (χ1n) is 42.4. The van der Waals surface area contributed by atoms with Crippen LogP contribution in [0.2, 0.25) is 0 Å². The number of benzene rings is 8. The minimum absolute atomic E-state index is 0.0127. The van der Waals surface area contributed by atoms with E-state index in [2.05, 4.69) is 38.3 Å². The number of alkyl halides is 5. The van der Waals surface area contributed by atoms with Gasteiger partial charge in [0.25, 0.3) is 5.91 Å². The van der Waals surface area contributed by atoms with Crippen LogP contribution in [-0.2, 0) is 43.1 Å². The number of carboxylic acid groups (broad SMARTS) is 1. The van der Waals surface area contributed by atoms with Crippen LogP contribution in [0.5, 0.6) is 17.2 Å². The van der Waals surface area contributed by atoms with Gasteiger partial charge in [0.1, 0.15) is 66.9 Å². The Morgan fingerprint density at radius 1 is 0.450 bits per heavy atom. The molecule has 0 radical (unpaired) electrons. The normalized spacial score (nSPS) is 20.6. The second kappa shape index (κ2) is 41.3. The van der Waals surface area contributed by atoms with Crippen LogP contribution in [0.3, 0.4) is 0 Å². The van der Waals surface area contributed by atoms with Gasteiger partial charge in [-0.3, -0.25) is 38.4 Å². The van der Waals surface area contributed by atoms with E-state index in [4.69, 9.17) is 34.3 Å². The summed E-state index contributed by atoms with van der Waals surface area (Å²) in [5.41, 5.74) is 10.9. The number of anilines is 5. The first-order chi connectivity index (χ1) is 61.9. The van der Waals surface area contributed by atoms with Crippen molar-refractivity contribution in [2.45, 2.75) is 126 Å². The van der Waals surface area contributed by atoms with Crippen LogP contribution in [-0.4, -0.2) is 204 Å². The second-order valence-electron chi connectivity index (χ2n) is 33.0.